The molecule has 1 fully saturated rings. The summed E-state index contributed by atoms with van der Waals surface area (Å²) >= 11 is 0. The van der Waals surface area contributed by atoms with Crippen molar-refractivity contribution >= 4 is 5.91 Å². The van der Waals surface area contributed by atoms with Gasteiger partial charge in [-0.05, 0) is 46.6 Å². The first-order chi connectivity index (χ1) is 11.9. The average Bonchev–Trinajstić information content (AvgIpc) is 2.93. The molecule has 0 aliphatic carbocycles. The molecule has 3 rings (SSSR count). The van der Waals surface area contributed by atoms with Crippen LogP contribution in [0.2, 0.25) is 0 Å². The second-order valence-electron chi connectivity index (χ2n) is 6.75. The Bertz CT molecular complexity index is 738. The van der Waals surface area contributed by atoms with Crippen LogP contribution in [-0.2, 0) is 0 Å². The molecule has 1 atom stereocenters. The summed E-state index contributed by atoms with van der Waals surface area (Å²) in [6.45, 7) is 9.14. The Morgan fingerprint density at radius 3 is 2.72 bits per heavy atom. The van der Waals surface area contributed by atoms with Gasteiger partial charge in [-0.1, -0.05) is 0 Å². The van der Waals surface area contributed by atoms with E-state index in [0.29, 0.717) is 18.0 Å². The van der Waals surface area contributed by atoms with Crippen molar-refractivity contribution in [3.63, 3.8) is 0 Å². The van der Waals surface area contributed by atoms with Gasteiger partial charge in [0.15, 0.2) is 0 Å². The van der Waals surface area contributed by atoms with Crippen molar-refractivity contribution in [2.24, 2.45) is 0 Å². The Hall–Kier alpha value is -2.44. The predicted molar refractivity (Wildman–Crippen MR) is 93.7 cm³/mol. The maximum absolute atomic E-state index is 12.8. The van der Waals surface area contributed by atoms with E-state index < -0.39 is 0 Å². The molecule has 7 heteroatoms. The molecular formula is C18H25N5O2. The molecule has 134 valence electrons. The number of hydrogen-bond acceptors (Lipinski definition) is 5. The second-order valence-corrected chi connectivity index (χ2v) is 6.75. The Kier molecular flexibility index (Phi) is 5.01. The summed E-state index contributed by atoms with van der Waals surface area (Å²) in [5, 5.41) is 4.48. The van der Waals surface area contributed by atoms with Crippen LogP contribution in [0.3, 0.4) is 0 Å². The molecule has 2 aromatic rings. The number of nitrogens with zero attached hydrogens (tertiary/aromatic N) is 5. The maximum Gasteiger partial charge on any atom is 0.255 e. The summed E-state index contributed by atoms with van der Waals surface area (Å²) in [7, 11) is 0. The van der Waals surface area contributed by atoms with E-state index >= 15 is 0 Å². The highest BCUT2D eigenvalue weighted by molar-refractivity contribution is 5.94. The molecule has 0 aromatic carbocycles. The largest absolute Gasteiger partial charge is 0.475 e. The van der Waals surface area contributed by atoms with Crippen molar-refractivity contribution < 1.29 is 9.53 Å². The minimum atomic E-state index is 0.00258. The van der Waals surface area contributed by atoms with Crippen LogP contribution in [0.15, 0.2) is 18.3 Å². The highest BCUT2D eigenvalue weighted by Gasteiger charge is 2.27. The highest BCUT2D eigenvalue weighted by atomic mass is 16.5. The number of amides is 1. The van der Waals surface area contributed by atoms with Gasteiger partial charge < -0.3 is 9.64 Å². The van der Waals surface area contributed by atoms with E-state index in [2.05, 4.69) is 15.1 Å². The summed E-state index contributed by atoms with van der Waals surface area (Å²) < 4.78 is 7.48. The number of carbonyl (C=O) groups is 1. The molecule has 1 saturated heterocycles. The fourth-order valence-corrected chi connectivity index (χ4v) is 3.22. The summed E-state index contributed by atoms with van der Waals surface area (Å²) in [6, 6.07) is 3.71. The minimum absolute atomic E-state index is 0.00258. The van der Waals surface area contributed by atoms with E-state index in [-0.39, 0.29) is 18.1 Å². The Balaban J connectivity index is 1.70. The van der Waals surface area contributed by atoms with E-state index in [4.69, 9.17) is 4.74 Å². The fraction of sp³-hybridized carbons (Fsp3) is 0.556. The van der Waals surface area contributed by atoms with Gasteiger partial charge in [0.25, 0.3) is 5.91 Å². The lowest BCUT2D eigenvalue weighted by atomic mass is 10.0. The van der Waals surface area contributed by atoms with Gasteiger partial charge in [0.05, 0.1) is 17.7 Å². The van der Waals surface area contributed by atoms with Crippen molar-refractivity contribution in [1.82, 2.24) is 24.6 Å². The van der Waals surface area contributed by atoms with Crippen molar-refractivity contribution in [2.45, 2.75) is 52.7 Å². The van der Waals surface area contributed by atoms with Gasteiger partial charge >= 0.3 is 0 Å². The van der Waals surface area contributed by atoms with Gasteiger partial charge in [-0.3, -0.25) is 4.79 Å². The number of piperidine rings is 1. The summed E-state index contributed by atoms with van der Waals surface area (Å²) in [5.74, 6) is 2.21. The lowest BCUT2D eigenvalue weighted by Gasteiger charge is -2.33. The third-order valence-electron chi connectivity index (χ3n) is 4.28. The smallest absolute Gasteiger partial charge is 0.255 e. The van der Waals surface area contributed by atoms with Gasteiger partial charge in [0.2, 0.25) is 5.88 Å². The topological polar surface area (TPSA) is 73.1 Å². The molecule has 0 N–H and O–H groups in total. The molecule has 7 nitrogen and oxygen atoms in total. The number of aromatic nitrogens is 4. The molecule has 1 aliphatic rings. The Morgan fingerprint density at radius 1 is 1.32 bits per heavy atom. The van der Waals surface area contributed by atoms with Crippen LogP contribution in [0.1, 0.15) is 54.7 Å². The van der Waals surface area contributed by atoms with E-state index in [0.717, 1.165) is 31.0 Å². The van der Waals surface area contributed by atoms with Crippen LogP contribution in [0.25, 0.3) is 0 Å². The van der Waals surface area contributed by atoms with Gasteiger partial charge in [0, 0.05) is 25.4 Å². The lowest BCUT2D eigenvalue weighted by Crippen LogP contribution is -2.41. The zero-order valence-electron chi connectivity index (χ0n) is 15.3. The molecular weight excluding hydrogens is 318 g/mol. The Morgan fingerprint density at radius 2 is 2.12 bits per heavy atom. The van der Waals surface area contributed by atoms with Crippen molar-refractivity contribution in [1.29, 1.82) is 0 Å². The number of carbonyl (C=O) groups excluding carboxylic acids is 1. The van der Waals surface area contributed by atoms with E-state index in [1.54, 1.807) is 18.3 Å². The van der Waals surface area contributed by atoms with Crippen LogP contribution in [-0.4, -0.2) is 49.7 Å². The predicted octanol–water partition coefficient (Wildman–Crippen LogP) is 2.55. The van der Waals surface area contributed by atoms with Crippen molar-refractivity contribution in [3.05, 3.63) is 35.5 Å². The SMILES string of the molecule is Cc1nc(C)n([C@@H]2CCCN(C(=O)c3ccc(OC(C)C)nc3)C2)n1. The number of pyridine rings is 1. The summed E-state index contributed by atoms with van der Waals surface area (Å²) in [5.41, 5.74) is 0.586. The minimum Gasteiger partial charge on any atom is -0.475 e. The molecule has 0 spiro atoms. The number of rotatable bonds is 4. The van der Waals surface area contributed by atoms with Crippen LogP contribution in [0.4, 0.5) is 0 Å². The molecule has 0 bridgehead atoms. The van der Waals surface area contributed by atoms with Crippen LogP contribution in [0.5, 0.6) is 5.88 Å². The summed E-state index contributed by atoms with van der Waals surface area (Å²) in [6.07, 6.45) is 3.62. The lowest BCUT2D eigenvalue weighted by molar-refractivity contribution is 0.0670. The van der Waals surface area contributed by atoms with E-state index in [1.165, 1.54) is 0 Å². The van der Waals surface area contributed by atoms with Gasteiger partial charge in [0.1, 0.15) is 11.6 Å². The molecule has 3 heterocycles. The number of ether oxygens (including phenoxy) is 1. The third-order valence-corrected chi connectivity index (χ3v) is 4.28. The molecule has 2 aromatic heterocycles. The van der Waals surface area contributed by atoms with E-state index in [9.17, 15) is 4.79 Å². The van der Waals surface area contributed by atoms with Crippen molar-refractivity contribution in [3.8, 4) is 5.88 Å². The molecule has 1 amide bonds. The fourth-order valence-electron chi connectivity index (χ4n) is 3.22. The summed E-state index contributed by atoms with van der Waals surface area (Å²) in [4.78, 5) is 23.3. The van der Waals surface area contributed by atoms with Crippen LogP contribution < -0.4 is 4.74 Å². The molecule has 25 heavy (non-hydrogen) atoms. The Labute approximate surface area is 148 Å². The third kappa shape index (κ3) is 3.97. The first-order valence-electron chi connectivity index (χ1n) is 8.76. The van der Waals surface area contributed by atoms with Gasteiger partial charge in [-0.2, -0.15) is 5.10 Å². The van der Waals surface area contributed by atoms with Gasteiger partial charge in [-0.15, -0.1) is 0 Å². The molecule has 0 radical (unpaired) electrons. The molecule has 1 aliphatic heterocycles. The zero-order valence-corrected chi connectivity index (χ0v) is 15.3. The van der Waals surface area contributed by atoms with Gasteiger partial charge in [-0.25, -0.2) is 14.6 Å². The van der Waals surface area contributed by atoms with E-state index in [1.807, 2.05) is 37.3 Å². The molecule has 0 unspecified atom stereocenters. The highest BCUT2D eigenvalue weighted by Crippen LogP contribution is 2.23. The monoisotopic (exact) mass is 343 g/mol. The van der Waals surface area contributed by atoms with Crippen LogP contribution in [0, 0.1) is 13.8 Å². The average molecular weight is 343 g/mol. The standard InChI is InChI=1S/C18H25N5O2/c1-12(2)25-17-8-7-15(10-19-17)18(24)22-9-5-6-16(11-22)23-14(4)20-13(3)21-23/h7-8,10,12,16H,5-6,9,11H2,1-4H3/t16-/m1/s1. The quantitative estimate of drug-likeness (QED) is 0.853. The first-order valence-corrected chi connectivity index (χ1v) is 8.76. The number of hydrogen-bond donors (Lipinski definition) is 0. The first kappa shape index (κ1) is 17.4. The number of likely N-dealkylation sites (tertiary alicyclic amines) is 1. The maximum atomic E-state index is 12.8. The number of aryl methyl sites for hydroxylation is 2. The van der Waals surface area contributed by atoms with Crippen LogP contribution >= 0.6 is 0 Å². The molecule has 0 saturated carbocycles. The second kappa shape index (κ2) is 7.21. The normalized spacial score (nSPS) is 17.8. The zero-order chi connectivity index (χ0) is 18.0. The van der Waals surface area contributed by atoms with Crippen molar-refractivity contribution in [2.75, 3.05) is 13.1 Å².